The summed E-state index contributed by atoms with van der Waals surface area (Å²) in [6.45, 7) is 1.83. The van der Waals surface area contributed by atoms with Gasteiger partial charge in [-0.3, -0.25) is 5.84 Å². The second-order valence-electron chi connectivity index (χ2n) is 4.51. The maximum Gasteiger partial charge on any atom is 0.132 e. The Morgan fingerprint density at radius 1 is 1.05 bits per heavy atom. The highest BCUT2D eigenvalue weighted by atomic mass is 19.1. The summed E-state index contributed by atoms with van der Waals surface area (Å²) in [6, 6.07) is 8.25. The van der Waals surface area contributed by atoms with Crippen molar-refractivity contribution < 1.29 is 13.5 Å². The average molecular weight is 278 g/mol. The molecule has 2 aromatic carbocycles. The van der Waals surface area contributed by atoms with Crippen LogP contribution < -0.4 is 16.0 Å². The fraction of sp³-hybridized carbons (Fsp3) is 0.200. The number of aryl methyl sites for hydroxylation is 1. The summed E-state index contributed by atoms with van der Waals surface area (Å²) in [5.41, 5.74) is 3.90. The minimum atomic E-state index is -0.763. The highest BCUT2D eigenvalue weighted by Crippen LogP contribution is 2.28. The van der Waals surface area contributed by atoms with E-state index in [1.165, 1.54) is 25.3 Å². The zero-order valence-electron chi connectivity index (χ0n) is 11.3. The molecule has 1 atom stereocenters. The molecule has 5 heteroatoms. The largest absolute Gasteiger partial charge is 0.497 e. The summed E-state index contributed by atoms with van der Waals surface area (Å²) < 4.78 is 33.0. The molecule has 20 heavy (non-hydrogen) atoms. The van der Waals surface area contributed by atoms with Gasteiger partial charge >= 0.3 is 0 Å². The van der Waals surface area contributed by atoms with E-state index in [9.17, 15) is 8.78 Å². The van der Waals surface area contributed by atoms with Crippen molar-refractivity contribution in [2.75, 3.05) is 7.11 Å². The Labute approximate surface area is 116 Å². The van der Waals surface area contributed by atoms with Crippen molar-refractivity contribution in [2.45, 2.75) is 13.0 Å². The van der Waals surface area contributed by atoms with E-state index in [2.05, 4.69) is 5.43 Å². The Kier molecular flexibility index (Phi) is 4.32. The third-order valence-corrected chi connectivity index (χ3v) is 3.15. The van der Waals surface area contributed by atoms with Crippen molar-refractivity contribution in [2.24, 2.45) is 5.84 Å². The number of benzene rings is 2. The van der Waals surface area contributed by atoms with Gasteiger partial charge in [0.1, 0.15) is 17.4 Å². The summed E-state index contributed by atoms with van der Waals surface area (Å²) in [5.74, 6) is 4.93. The molecule has 3 nitrogen and oxygen atoms in total. The summed E-state index contributed by atoms with van der Waals surface area (Å²) in [6.07, 6.45) is 0. The van der Waals surface area contributed by atoms with Crippen LogP contribution in [0.4, 0.5) is 8.78 Å². The van der Waals surface area contributed by atoms with Gasteiger partial charge in [0.05, 0.1) is 13.2 Å². The first-order chi connectivity index (χ1) is 9.56. The molecule has 0 bridgehead atoms. The quantitative estimate of drug-likeness (QED) is 0.668. The van der Waals surface area contributed by atoms with Crippen molar-refractivity contribution >= 4 is 0 Å². The van der Waals surface area contributed by atoms with Crippen LogP contribution in [0.15, 0.2) is 36.4 Å². The molecule has 2 rings (SSSR count). The zero-order chi connectivity index (χ0) is 14.7. The fourth-order valence-corrected chi connectivity index (χ4v) is 2.10. The first-order valence-electron chi connectivity index (χ1n) is 6.12. The van der Waals surface area contributed by atoms with Gasteiger partial charge in [-0.05, 0) is 19.1 Å². The lowest BCUT2D eigenvalue weighted by Crippen LogP contribution is -2.30. The summed E-state index contributed by atoms with van der Waals surface area (Å²) >= 11 is 0. The predicted molar refractivity (Wildman–Crippen MR) is 73.3 cm³/mol. The Hall–Kier alpha value is -1.98. The van der Waals surface area contributed by atoms with Crippen molar-refractivity contribution in [3.05, 3.63) is 64.7 Å². The summed E-state index contributed by atoms with van der Waals surface area (Å²) in [7, 11) is 1.45. The van der Waals surface area contributed by atoms with Crippen molar-refractivity contribution in [3.8, 4) is 5.75 Å². The molecule has 0 aliphatic heterocycles. The number of ether oxygens (including phenoxy) is 1. The second-order valence-corrected chi connectivity index (χ2v) is 4.51. The minimum absolute atomic E-state index is 0.262. The van der Waals surface area contributed by atoms with Crippen LogP contribution in [0.2, 0.25) is 0 Å². The highest BCUT2D eigenvalue weighted by molar-refractivity contribution is 5.38. The normalized spacial score (nSPS) is 12.2. The van der Waals surface area contributed by atoms with Crippen LogP contribution in [0.1, 0.15) is 22.7 Å². The van der Waals surface area contributed by atoms with Crippen LogP contribution in [-0.4, -0.2) is 7.11 Å². The molecule has 0 radical (unpaired) electrons. The molecule has 0 saturated carbocycles. The van der Waals surface area contributed by atoms with E-state index in [0.29, 0.717) is 11.3 Å². The van der Waals surface area contributed by atoms with E-state index in [-0.39, 0.29) is 5.56 Å². The molecule has 0 aromatic heterocycles. The van der Waals surface area contributed by atoms with Gasteiger partial charge in [-0.25, -0.2) is 14.2 Å². The first-order valence-corrected chi connectivity index (χ1v) is 6.12. The molecule has 0 heterocycles. The monoisotopic (exact) mass is 278 g/mol. The maximum atomic E-state index is 14.1. The van der Waals surface area contributed by atoms with Crippen LogP contribution in [0.5, 0.6) is 5.75 Å². The number of nitrogens with two attached hydrogens (primary N) is 1. The molecule has 0 amide bonds. The van der Waals surface area contributed by atoms with E-state index in [0.717, 1.165) is 5.56 Å². The van der Waals surface area contributed by atoms with Gasteiger partial charge < -0.3 is 4.74 Å². The predicted octanol–water partition coefficient (Wildman–Crippen LogP) is 2.83. The van der Waals surface area contributed by atoms with Crippen LogP contribution in [0.25, 0.3) is 0 Å². The Bertz CT molecular complexity index is 617. The summed E-state index contributed by atoms with van der Waals surface area (Å²) in [5, 5.41) is 0. The molecule has 2 aromatic rings. The molecule has 0 spiro atoms. The standard InChI is InChI=1S/C15H16F2N2O/c1-9-3-6-13(16)12(7-9)15(19-18)11-5-4-10(20-2)8-14(11)17/h3-8,15,19H,18H2,1-2H3. The van der Waals surface area contributed by atoms with Gasteiger partial charge in [-0.15, -0.1) is 0 Å². The Balaban J connectivity index is 2.49. The van der Waals surface area contributed by atoms with Crippen molar-refractivity contribution in [1.29, 1.82) is 0 Å². The molecule has 0 aliphatic rings. The lowest BCUT2D eigenvalue weighted by Gasteiger charge is -2.19. The maximum absolute atomic E-state index is 14.1. The molecular weight excluding hydrogens is 262 g/mol. The number of methoxy groups -OCH3 is 1. The van der Waals surface area contributed by atoms with Gasteiger partial charge in [0.2, 0.25) is 0 Å². The number of hydrogen-bond acceptors (Lipinski definition) is 3. The van der Waals surface area contributed by atoms with Crippen LogP contribution in [0, 0.1) is 18.6 Å². The van der Waals surface area contributed by atoms with Crippen LogP contribution in [0.3, 0.4) is 0 Å². The molecule has 0 saturated heterocycles. The number of nitrogens with one attached hydrogen (secondary N) is 1. The minimum Gasteiger partial charge on any atom is -0.497 e. The van der Waals surface area contributed by atoms with Crippen molar-refractivity contribution in [3.63, 3.8) is 0 Å². The van der Waals surface area contributed by atoms with E-state index in [1.807, 2.05) is 6.92 Å². The molecule has 106 valence electrons. The second kappa shape index (κ2) is 5.98. The lowest BCUT2D eigenvalue weighted by molar-refractivity contribution is 0.410. The van der Waals surface area contributed by atoms with Gasteiger partial charge in [0.15, 0.2) is 0 Å². The Morgan fingerprint density at radius 3 is 2.40 bits per heavy atom. The topological polar surface area (TPSA) is 47.3 Å². The highest BCUT2D eigenvalue weighted by Gasteiger charge is 2.20. The van der Waals surface area contributed by atoms with E-state index in [4.69, 9.17) is 10.6 Å². The van der Waals surface area contributed by atoms with Gasteiger partial charge in [0.25, 0.3) is 0 Å². The van der Waals surface area contributed by atoms with E-state index in [1.54, 1.807) is 18.2 Å². The van der Waals surface area contributed by atoms with Crippen LogP contribution >= 0.6 is 0 Å². The molecule has 0 aliphatic carbocycles. The first kappa shape index (κ1) is 14.4. The van der Waals surface area contributed by atoms with Gasteiger partial charge in [-0.1, -0.05) is 23.8 Å². The SMILES string of the molecule is COc1ccc(C(NN)c2cc(C)ccc2F)c(F)c1. The molecular formula is C15H16F2N2O. The molecule has 1 unspecified atom stereocenters. The molecule has 0 fully saturated rings. The Morgan fingerprint density at radius 2 is 1.80 bits per heavy atom. The molecule has 3 N–H and O–H groups in total. The van der Waals surface area contributed by atoms with E-state index >= 15 is 0 Å². The third kappa shape index (κ3) is 2.79. The van der Waals surface area contributed by atoms with Gasteiger partial charge in [-0.2, -0.15) is 0 Å². The number of halogens is 2. The van der Waals surface area contributed by atoms with E-state index < -0.39 is 17.7 Å². The number of hydrogen-bond donors (Lipinski definition) is 2. The zero-order valence-corrected chi connectivity index (χ0v) is 11.3. The third-order valence-electron chi connectivity index (χ3n) is 3.15. The lowest BCUT2D eigenvalue weighted by atomic mass is 9.97. The average Bonchev–Trinajstić information content (AvgIpc) is 2.44. The smallest absolute Gasteiger partial charge is 0.132 e. The number of rotatable bonds is 4. The number of hydrazine groups is 1. The fourth-order valence-electron chi connectivity index (χ4n) is 2.10. The van der Waals surface area contributed by atoms with Crippen LogP contribution in [-0.2, 0) is 0 Å². The van der Waals surface area contributed by atoms with Crippen molar-refractivity contribution in [1.82, 2.24) is 5.43 Å². The summed E-state index contributed by atoms with van der Waals surface area (Å²) in [4.78, 5) is 0. The van der Waals surface area contributed by atoms with Gasteiger partial charge in [0, 0.05) is 17.2 Å².